The molecular weight excluding hydrogens is 266 g/mol. The number of carbonyl (C=O) groups is 2. The van der Waals surface area contributed by atoms with E-state index in [1.807, 2.05) is 32.9 Å². The molecule has 0 saturated heterocycles. The van der Waals surface area contributed by atoms with Crippen LogP contribution in [0, 0.1) is 0 Å². The molecule has 5 heteroatoms. The second-order valence-corrected chi connectivity index (χ2v) is 6.52. The summed E-state index contributed by atoms with van der Waals surface area (Å²) in [5, 5.41) is 8.83. The van der Waals surface area contributed by atoms with Crippen molar-refractivity contribution >= 4 is 11.8 Å². The standard InChI is InChI=1S/C16H23N3O2/c1-10(14(20)19-16(2,3)4)18-15(21)11-5-6-12-8-17-9-13(12)7-11/h5-7,10,17H,8-9H2,1-4H3,(H,18,21)(H,19,20). The van der Waals surface area contributed by atoms with Crippen molar-refractivity contribution in [2.24, 2.45) is 0 Å². The van der Waals surface area contributed by atoms with E-state index in [-0.39, 0.29) is 17.4 Å². The smallest absolute Gasteiger partial charge is 0.251 e. The first-order chi connectivity index (χ1) is 9.76. The minimum Gasteiger partial charge on any atom is -0.350 e. The van der Waals surface area contributed by atoms with Gasteiger partial charge in [-0.1, -0.05) is 6.07 Å². The lowest BCUT2D eigenvalue weighted by Crippen LogP contribution is -2.50. The number of fused-ring (bicyclic) bond motifs is 1. The van der Waals surface area contributed by atoms with E-state index in [2.05, 4.69) is 16.0 Å². The first kappa shape index (κ1) is 15.5. The molecule has 0 aromatic heterocycles. The molecule has 1 unspecified atom stereocenters. The first-order valence-corrected chi connectivity index (χ1v) is 7.22. The third-order valence-corrected chi connectivity index (χ3v) is 3.34. The summed E-state index contributed by atoms with van der Waals surface area (Å²) in [7, 11) is 0. The number of carbonyl (C=O) groups excluding carboxylic acids is 2. The van der Waals surface area contributed by atoms with Gasteiger partial charge in [0.2, 0.25) is 5.91 Å². The van der Waals surface area contributed by atoms with E-state index in [0.29, 0.717) is 5.56 Å². The van der Waals surface area contributed by atoms with Gasteiger partial charge in [0.05, 0.1) is 0 Å². The molecule has 21 heavy (non-hydrogen) atoms. The second kappa shape index (κ2) is 5.85. The normalized spacial score (nSPS) is 15.2. The van der Waals surface area contributed by atoms with Gasteiger partial charge in [-0.3, -0.25) is 9.59 Å². The fourth-order valence-electron chi connectivity index (χ4n) is 2.26. The molecule has 1 aromatic carbocycles. The van der Waals surface area contributed by atoms with Gasteiger partial charge >= 0.3 is 0 Å². The van der Waals surface area contributed by atoms with Crippen LogP contribution in [-0.2, 0) is 17.9 Å². The summed E-state index contributed by atoms with van der Waals surface area (Å²) in [6, 6.07) is 5.08. The van der Waals surface area contributed by atoms with Crippen LogP contribution in [0.1, 0.15) is 49.2 Å². The quantitative estimate of drug-likeness (QED) is 0.786. The van der Waals surface area contributed by atoms with E-state index < -0.39 is 6.04 Å². The zero-order chi connectivity index (χ0) is 15.6. The monoisotopic (exact) mass is 289 g/mol. The average Bonchev–Trinajstić information content (AvgIpc) is 2.83. The zero-order valence-electron chi connectivity index (χ0n) is 13.0. The maximum Gasteiger partial charge on any atom is 0.251 e. The molecule has 0 spiro atoms. The van der Waals surface area contributed by atoms with Crippen LogP contribution in [0.15, 0.2) is 18.2 Å². The number of benzene rings is 1. The Morgan fingerprint density at radius 1 is 1.19 bits per heavy atom. The van der Waals surface area contributed by atoms with Gasteiger partial charge in [0.1, 0.15) is 6.04 Å². The summed E-state index contributed by atoms with van der Waals surface area (Å²) in [4.78, 5) is 24.2. The zero-order valence-corrected chi connectivity index (χ0v) is 13.0. The van der Waals surface area contributed by atoms with Crippen LogP contribution in [0.5, 0.6) is 0 Å². The molecule has 1 atom stereocenters. The van der Waals surface area contributed by atoms with Gasteiger partial charge in [-0.25, -0.2) is 0 Å². The van der Waals surface area contributed by atoms with Crippen molar-refractivity contribution in [3.63, 3.8) is 0 Å². The fraction of sp³-hybridized carbons (Fsp3) is 0.500. The van der Waals surface area contributed by atoms with E-state index in [1.54, 1.807) is 13.0 Å². The number of nitrogens with one attached hydrogen (secondary N) is 3. The highest BCUT2D eigenvalue weighted by molar-refractivity contribution is 5.97. The Balaban J connectivity index is 1.99. The Bertz CT molecular complexity index is 561. The van der Waals surface area contributed by atoms with E-state index in [1.165, 1.54) is 5.56 Å². The molecule has 3 N–H and O–H groups in total. The Labute approximate surface area is 125 Å². The largest absolute Gasteiger partial charge is 0.350 e. The molecule has 1 aromatic rings. The van der Waals surface area contributed by atoms with Crippen molar-refractivity contribution < 1.29 is 9.59 Å². The Morgan fingerprint density at radius 3 is 2.52 bits per heavy atom. The lowest BCUT2D eigenvalue weighted by atomic mass is 10.1. The molecule has 114 valence electrons. The molecule has 1 heterocycles. The van der Waals surface area contributed by atoms with Gasteiger partial charge in [-0.2, -0.15) is 0 Å². The highest BCUT2D eigenvalue weighted by Crippen LogP contribution is 2.17. The molecule has 5 nitrogen and oxygen atoms in total. The number of hydrogen-bond donors (Lipinski definition) is 3. The third-order valence-electron chi connectivity index (χ3n) is 3.34. The SMILES string of the molecule is CC(NC(=O)c1ccc2c(c1)CNC2)C(=O)NC(C)(C)C. The van der Waals surface area contributed by atoms with Crippen molar-refractivity contribution in [1.29, 1.82) is 0 Å². The summed E-state index contributed by atoms with van der Waals surface area (Å²) >= 11 is 0. The lowest BCUT2D eigenvalue weighted by molar-refractivity contribution is -0.124. The molecule has 1 aliphatic heterocycles. The van der Waals surface area contributed by atoms with E-state index in [0.717, 1.165) is 18.7 Å². The van der Waals surface area contributed by atoms with Gasteiger partial charge in [0, 0.05) is 24.2 Å². The van der Waals surface area contributed by atoms with Gasteiger partial charge in [-0.15, -0.1) is 0 Å². The molecule has 1 aliphatic rings. The Hall–Kier alpha value is -1.88. The van der Waals surface area contributed by atoms with Crippen LogP contribution < -0.4 is 16.0 Å². The maximum atomic E-state index is 12.2. The van der Waals surface area contributed by atoms with Gasteiger partial charge in [0.15, 0.2) is 0 Å². The minimum absolute atomic E-state index is 0.182. The summed E-state index contributed by atoms with van der Waals surface area (Å²) in [6.45, 7) is 9.05. The highest BCUT2D eigenvalue weighted by atomic mass is 16.2. The predicted octanol–water partition coefficient (Wildman–Crippen LogP) is 1.32. The highest BCUT2D eigenvalue weighted by Gasteiger charge is 2.21. The van der Waals surface area contributed by atoms with E-state index in [4.69, 9.17) is 0 Å². The molecule has 0 radical (unpaired) electrons. The second-order valence-electron chi connectivity index (χ2n) is 6.52. The van der Waals surface area contributed by atoms with Gasteiger partial charge in [-0.05, 0) is 51.0 Å². The Morgan fingerprint density at radius 2 is 1.86 bits per heavy atom. The van der Waals surface area contributed by atoms with Gasteiger partial charge < -0.3 is 16.0 Å². The minimum atomic E-state index is -0.567. The summed E-state index contributed by atoms with van der Waals surface area (Å²) in [5.41, 5.74) is 2.65. The topological polar surface area (TPSA) is 70.2 Å². The van der Waals surface area contributed by atoms with Crippen LogP contribution in [0.3, 0.4) is 0 Å². The molecule has 2 amide bonds. The average molecular weight is 289 g/mol. The molecule has 0 fully saturated rings. The predicted molar refractivity (Wildman–Crippen MR) is 81.8 cm³/mol. The van der Waals surface area contributed by atoms with Crippen molar-refractivity contribution in [1.82, 2.24) is 16.0 Å². The Kier molecular flexibility index (Phi) is 4.32. The number of hydrogen-bond acceptors (Lipinski definition) is 3. The summed E-state index contributed by atoms with van der Waals surface area (Å²) < 4.78 is 0. The summed E-state index contributed by atoms with van der Waals surface area (Å²) in [6.07, 6.45) is 0. The van der Waals surface area contributed by atoms with Crippen LogP contribution in [0.4, 0.5) is 0 Å². The summed E-state index contributed by atoms with van der Waals surface area (Å²) in [5.74, 6) is -0.403. The maximum absolute atomic E-state index is 12.2. The molecule has 0 saturated carbocycles. The van der Waals surface area contributed by atoms with E-state index >= 15 is 0 Å². The molecular formula is C16H23N3O2. The van der Waals surface area contributed by atoms with Crippen molar-refractivity contribution in [2.75, 3.05) is 0 Å². The molecule has 0 aliphatic carbocycles. The molecule has 2 rings (SSSR count). The number of amides is 2. The van der Waals surface area contributed by atoms with Crippen LogP contribution >= 0.6 is 0 Å². The van der Waals surface area contributed by atoms with Crippen molar-refractivity contribution in [3.05, 3.63) is 34.9 Å². The van der Waals surface area contributed by atoms with Crippen molar-refractivity contribution in [2.45, 2.75) is 52.4 Å². The fourth-order valence-corrected chi connectivity index (χ4v) is 2.26. The van der Waals surface area contributed by atoms with Gasteiger partial charge in [0.25, 0.3) is 5.91 Å². The van der Waals surface area contributed by atoms with Crippen LogP contribution in [-0.4, -0.2) is 23.4 Å². The van der Waals surface area contributed by atoms with Crippen LogP contribution in [0.2, 0.25) is 0 Å². The molecule has 0 bridgehead atoms. The first-order valence-electron chi connectivity index (χ1n) is 7.22. The lowest BCUT2D eigenvalue weighted by Gasteiger charge is -2.23. The van der Waals surface area contributed by atoms with E-state index in [9.17, 15) is 9.59 Å². The van der Waals surface area contributed by atoms with Crippen molar-refractivity contribution in [3.8, 4) is 0 Å². The third kappa shape index (κ3) is 4.04. The van der Waals surface area contributed by atoms with Crippen LogP contribution in [0.25, 0.3) is 0 Å². The number of rotatable bonds is 3.